The van der Waals surface area contributed by atoms with Gasteiger partial charge in [0.15, 0.2) is 0 Å². The van der Waals surface area contributed by atoms with Crippen molar-refractivity contribution in [2.24, 2.45) is 10.9 Å². The van der Waals surface area contributed by atoms with Crippen LogP contribution >= 0.6 is 0 Å². The van der Waals surface area contributed by atoms with Crippen molar-refractivity contribution in [2.75, 3.05) is 7.05 Å². The molecule has 0 bridgehead atoms. The normalized spacial score (nSPS) is 12.5. The number of aryl methyl sites for hydroxylation is 1. The van der Waals surface area contributed by atoms with Gasteiger partial charge in [-0.15, -0.1) is 0 Å². The van der Waals surface area contributed by atoms with Crippen LogP contribution in [0.1, 0.15) is 25.0 Å². The van der Waals surface area contributed by atoms with Crippen LogP contribution in [0.3, 0.4) is 0 Å². The Hall–Kier alpha value is -1.41. The summed E-state index contributed by atoms with van der Waals surface area (Å²) in [4.78, 5) is 4.05. The Labute approximate surface area is 111 Å². The largest absolute Gasteiger partial charge is 0.313 e. The molecule has 0 radical (unpaired) electrons. The summed E-state index contributed by atoms with van der Waals surface area (Å²) in [6.07, 6.45) is 0.941. The molecule has 1 aromatic carbocycles. The van der Waals surface area contributed by atoms with E-state index in [4.69, 9.17) is 0 Å². The molecule has 2 heteroatoms. The van der Waals surface area contributed by atoms with Crippen molar-refractivity contribution in [1.82, 2.24) is 5.32 Å². The number of nitrogens with one attached hydrogen (secondary N) is 1. The van der Waals surface area contributed by atoms with Crippen LogP contribution in [0.2, 0.25) is 0 Å². The van der Waals surface area contributed by atoms with E-state index in [9.17, 15) is 0 Å². The molecule has 1 rings (SSSR count). The first kappa shape index (κ1) is 14.7. The van der Waals surface area contributed by atoms with Crippen molar-refractivity contribution in [3.63, 3.8) is 0 Å². The highest BCUT2D eigenvalue weighted by Crippen LogP contribution is 2.22. The van der Waals surface area contributed by atoms with Crippen LogP contribution in [0, 0.1) is 12.8 Å². The maximum Gasteiger partial charge on any atom is 0.0654 e. The summed E-state index contributed by atoms with van der Waals surface area (Å²) in [5.74, 6) is 0.491. The molecule has 1 unspecified atom stereocenters. The molecule has 0 amide bonds. The number of hydrogen-bond acceptors (Lipinski definition) is 2. The molecule has 1 atom stereocenters. The molecule has 0 heterocycles. The Kier molecular flexibility index (Phi) is 5.29. The zero-order valence-electron chi connectivity index (χ0n) is 12.0. The van der Waals surface area contributed by atoms with Crippen LogP contribution in [0.5, 0.6) is 0 Å². The van der Waals surface area contributed by atoms with E-state index in [1.807, 2.05) is 7.05 Å². The van der Waals surface area contributed by atoms with Crippen LogP contribution in [-0.4, -0.2) is 19.8 Å². The summed E-state index contributed by atoms with van der Waals surface area (Å²) in [6, 6.07) is 6.68. The van der Waals surface area contributed by atoms with Gasteiger partial charge < -0.3 is 5.32 Å². The van der Waals surface area contributed by atoms with E-state index in [0.29, 0.717) is 12.0 Å². The van der Waals surface area contributed by atoms with Gasteiger partial charge in [-0.25, -0.2) is 0 Å². The monoisotopic (exact) mass is 244 g/mol. The lowest BCUT2D eigenvalue weighted by atomic mass is 9.92. The summed E-state index contributed by atoms with van der Waals surface area (Å²) in [7, 11) is 1.99. The molecule has 0 saturated carbocycles. The minimum atomic E-state index is 0.311. The molecule has 0 spiro atoms. The summed E-state index contributed by atoms with van der Waals surface area (Å²) in [5.41, 5.74) is 4.64. The summed E-state index contributed by atoms with van der Waals surface area (Å²) >= 11 is 0. The second-order valence-corrected chi connectivity index (χ2v) is 5.05. The number of hydrogen-bond donors (Lipinski definition) is 1. The Morgan fingerprint density at radius 3 is 2.56 bits per heavy atom. The molecule has 0 aromatic heterocycles. The first-order valence-electron chi connectivity index (χ1n) is 6.41. The van der Waals surface area contributed by atoms with Crippen LogP contribution in [0.4, 0.5) is 5.69 Å². The minimum absolute atomic E-state index is 0.311. The molecule has 0 fully saturated rings. The third-order valence-electron chi connectivity index (χ3n) is 3.42. The molecular formula is C16H24N2. The summed E-state index contributed by atoms with van der Waals surface area (Å²) < 4.78 is 0. The molecule has 0 saturated heterocycles. The van der Waals surface area contributed by atoms with E-state index >= 15 is 0 Å². The molecule has 1 N–H and O–H groups in total. The van der Waals surface area contributed by atoms with Crippen LogP contribution in [0.25, 0.3) is 0 Å². The van der Waals surface area contributed by atoms with Crippen LogP contribution in [0.15, 0.2) is 35.3 Å². The lowest BCUT2D eigenvalue weighted by Gasteiger charge is -2.22. The maximum atomic E-state index is 4.18. The molecule has 0 aliphatic heterocycles. The van der Waals surface area contributed by atoms with Crippen molar-refractivity contribution in [2.45, 2.75) is 33.2 Å². The van der Waals surface area contributed by atoms with Crippen LogP contribution < -0.4 is 5.32 Å². The van der Waals surface area contributed by atoms with E-state index in [1.54, 1.807) is 0 Å². The molecule has 98 valence electrons. The number of aliphatic imine (C=N–C) groups is 1. The van der Waals surface area contributed by atoms with Gasteiger partial charge in [-0.3, -0.25) is 4.99 Å². The fraction of sp³-hybridized carbons (Fsp3) is 0.438. The predicted molar refractivity (Wildman–Crippen MR) is 80.9 cm³/mol. The van der Waals surface area contributed by atoms with E-state index in [1.165, 1.54) is 11.1 Å². The van der Waals surface area contributed by atoms with Gasteiger partial charge in [-0.1, -0.05) is 38.1 Å². The zero-order chi connectivity index (χ0) is 13.7. The predicted octanol–water partition coefficient (Wildman–Crippen LogP) is 3.67. The first-order chi connectivity index (χ1) is 8.49. The number of likely N-dealkylation sites (N-methyl/N-ethyl adjacent to an activating group) is 1. The van der Waals surface area contributed by atoms with Crippen molar-refractivity contribution < 1.29 is 0 Å². The fourth-order valence-electron chi connectivity index (χ4n) is 2.01. The molecule has 2 nitrogen and oxygen atoms in total. The van der Waals surface area contributed by atoms with Gasteiger partial charge in [0.25, 0.3) is 0 Å². The van der Waals surface area contributed by atoms with Crippen molar-refractivity contribution in [3.05, 3.63) is 41.5 Å². The van der Waals surface area contributed by atoms with Gasteiger partial charge in [-0.2, -0.15) is 0 Å². The van der Waals surface area contributed by atoms with Gasteiger partial charge >= 0.3 is 0 Å². The Morgan fingerprint density at radius 1 is 1.39 bits per heavy atom. The Morgan fingerprint density at radius 2 is 2.06 bits per heavy atom. The first-order valence-corrected chi connectivity index (χ1v) is 6.41. The lowest BCUT2D eigenvalue weighted by Crippen LogP contribution is -2.31. The highest BCUT2D eigenvalue weighted by Gasteiger charge is 2.14. The van der Waals surface area contributed by atoms with E-state index in [0.717, 1.165) is 17.7 Å². The molecule has 18 heavy (non-hydrogen) atoms. The highest BCUT2D eigenvalue weighted by atomic mass is 14.9. The van der Waals surface area contributed by atoms with Gasteiger partial charge in [0, 0.05) is 6.04 Å². The second-order valence-electron chi connectivity index (χ2n) is 5.05. The quantitative estimate of drug-likeness (QED) is 0.599. The number of benzene rings is 1. The third kappa shape index (κ3) is 3.54. The van der Waals surface area contributed by atoms with Gasteiger partial charge in [0.1, 0.15) is 0 Å². The van der Waals surface area contributed by atoms with E-state index in [-0.39, 0.29) is 0 Å². The van der Waals surface area contributed by atoms with E-state index in [2.05, 4.69) is 62.6 Å². The zero-order valence-corrected chi connectivity index (χ0v) is 12.0. The molecule has 0 aliphatic carbocycles. The average molecular weight is 244 g/mol. The van der Waals surface area contributed by atoms with Crippen molar-refractivity contribution >= 4 is 12.4 Å². The van der Waals surface area contributed by atoms with Crippen molar-refractivity contribution in [1.29, 1.82) is 0 Å². The Balaban J connectivity index is 2.88. The summed E-state index contributed by atoms with van der Waals surface area (Å²) in [6.45, 7) is 14.2. The van der Waals surface area contributed by atoms with Crippen LogP contribution in [-0.2, 0) is 6.42 Å². The standard InChI is InChI=1S/C16H24N2/c1-11(2)13(4)16(18-6)10-14-8-7-12(3)15(9-14)17-5/h7-9,11,16,18H,4-5,10H2,1-3,6H3. The Bertz CT molecular complexity index is 433. The smallest absolute Gasteiger partial charge is 0.0654 e. The van der Waals surface area contributed by atoms with Gasteiger partial charge in [-0.05, 0) is 50.2 Å². The third-order valence-corrected chi connectivity index (χ3v) is 3.42. The average Bonchev–Trinajstić information content (AvgIpc) is 2.36. The minimum Gasteiger partial charge on any atom is -0.313 e. The fourth-order valence-corrected chi connectivity index (χ4v) is 2.01. The number of nitrogens with zero attached hydrogens (tertiary/aromatic N) is 1. The van der Waals surface area contributed by atoms with Crippen molar-refractivity contribution in [3.8, 4) is 0 Å². The van der Waals surface area contributed by atoms with Gasteiger partial charge in [0.2, 0.25) is 0 Å². The summed E-state index contributed by atoms with van der Waals surface area (Å²) in [5, 5.41) is 3.34. The highest BCUT2D eigenvalue weighted by molar-refractivity contribution is 5.52. The molecule has 0 aliphatic rings. The van der Waals surface area contributed by atoms with E-state index < -0.39 is 0 Å². The molecular weight excluding hydrogens is 220 g/mol. The maximum absolute atomic E-state index is 4.18. The second kappa shape index (κ2) is 6.50. The lowest BCUT2D eigenvalue weighted by molar-refractivity contribution is 0.567. The molecule has 1 aromatic rings. The topological polar surface area (TPSA) is 24.4 Å². The van der Waals surface area contributed by atoms with Gasteiger partial charge in [0.05, 0.1) is 5.69 Å². The SMILES string of the molecule is C=Nc1cc(CC(NC)C(=C)C(C)C)ccc1C. The number of rotatable bonds is 6.